The number of hydrogen-bond acceptors (Lipinski definition) is 6. The Hall–Kier alpha value is -2.94. The number of aromatic nitrogens is 1. The van der Waals surface area contributed by atoms with Gasteiger partial charge in [0.1, 0.15) is 12.3 Å². The van der Waals surface area contributed by atoms with Crippen molar-refractivity contribution in [1.29, 1.82) is 0 Å². The average Bonchev–Trinajstić information content (AvgIpc) is 3.05. The zero-order valence-electron chi connectivity index (χ0n) is 23.2. The van der Waals surface area contributed by atoms with Crippen LogP contribution in [-0.2, 0) is 19.4 Å². The van der Waals surface area contributed by atoms with Crippen LogP contribution in [0.15, 0.2) is 47.5 Å². The molecule has 0 spiro atoms. The maximum atomic E-state index is 13.5. The molecule has 8 nitrogen and oxygen atoms in total. The number of carboxylic acids is 1. The lowest BCUT2D eigenvalue weighted by molar-refractivity contribution is -0.137. The van der Waals surface area contributed by atoms with Crippen molar-refractivity contribution in [2.45, 2.75) is 76.7 Å². The number of benzene rings is 1. The first-order valence-electron chi connectivity index (χ1n) is 13.9. The predicted octanol–water partition coefficient (Wildman–Crippen LogP) is 5.33. The Bertz CT molecular complexity index is 1280. The van der Waals surface area contributed by atoms with Gasteiger partial charge in [-0.1, -0.05) is 33.1 Å². The smallest absolute Gasteiger partial charge is 0.323 e. The van der Waals surface area contributed by atoms with Crippen molar-refractivity contribution in [2.75, 3.05) is 17.2 Å². The summed E-state index contributed by atoms with van der Waals surface area (Å²) in [5.41, 5.74) is 1.34. The van der Waals surface area contributed by atoms with Gasteiger partial charge in [-0.15, -0.1) is 0 Å². The molecule has 1 aliphatic heterocycles. The van der Waals surface area contributed by atoms with Gasteiger partial charge in [0, 0.05) is 18.0 Å². The third-order valence-corrected chi connectivity index (χ3v) is 10.2. The second-order valence-corrected chi connectivity index (χ2v) is 13.6. The second kappa shape index (κ2) is 12.1. The Labute approximate surface area is 231 Å². The summed E-state index contributed by atoms with van der Waals surface area (Å²) in [4.78, 5) is 31.2. The molecule has 1 aromatic heterocycles. The van der Waals surface area contributed by atoms with E-state index in [1.165, 1.54) is 4.90 Å². The van der Waals surface area contributed by atoms with Crippen LogP contribution in [0.1, 0.15) is 71.4 Å². The summed E-state index contributed by atoms with van der Waals surface area (Å²) in [5.74, 6) is -0.365. The van der Waals surface area contributed by atoms with Gasteiger partial charge in [0.2, 0.25) is 5.91 Å². The molecule has 1 aliphatic carbocycles. The third-order valence-electron chi connectivity index (χ3n) is 8.37. The molecule has 9 heteroatoms. The molecule has 1 amide bonds. The van der Waals surface area contributed by atoms with Crippen molar-refractivity contribution in [3.05, 3.63) is 48.3 Å². The van der Waals surface area contributed by atoms with Crippen molar-refractivity contribution in [3.63, 3.8) is 0 Å². The molecule has 5 unspecified atom stereocenters. The van der Waals surface area contributed by atoms with Gasteiger partial charge in [0.05, 0.1) is 28.1 Å². The van der Waals surface area contributed by atoms with Gasteiger partial charge in [-0.3, -0.25) is 19.5 Å². The van der Waals surface area contributed by atoms with E-state index in [1.54, 1.807) is 42.6 Å². The minimum Gasteiger partial charge on any atom is -0.491 e. The van der Waals surface area contributed by atoms with Crippen LogP contribution in [0, 0.1) is 23.7 Å². The summed E-state index contributed by atoms with van der Waals surface area (Å²) < 4.78 is 32.2. The minimum absolute atomic E-state index is 0.0189. The molecule has 4 rings (SSSR count). The molecule has 212 valence electrons. The number of aliphatic carboxylic acids is 1. The molecular weight excluding hydrogens is 516 g/mol. The van der Waals surface area contributed by atoms with E-state index < -0.39 is 15.8 Å². The van der Waals surface area contributed by atoms with Crippen LogP contribution in [0.25, 0.3) is 0 Å². The summed E-state index contributed by atoms with van der Waals surface area (Å²) in [6.07, 6.45) is 5.79. The fraction of sp³-hybridized carbons (Fsp3) is 0.567. The van der Waals surface area contributed by atoms with Crippen molar-refractivity contribution in [3.8, 4) is 5.75 Å². The monoisotopic (exact) mass is 556 g/mol. The van der Waals surface area contributed by atoms with E-state index >= 15 is 0 Å². The lowest BCUT2D eigenvalue weighted by Crippen LogP contribution is -2.46. The molecule has 39 heavy (non-hydrogen) atoms. The number of hydrogen-bond donors (Lipinski definition) is 1. The Kier molecular flexibility index (Phi) is 8.99. The molecule has 0 radical (unpaired) electrons. The number of anilines is 1. The summed E-state index contributed by atoms with van der Waals surface area (Å²) in [6, 6.07) is 10.2. The standard InChI is InChI=1S/C30H40N2O6S/c1-19(2)38-24-11-13-25(14-12-24)39(36,37)18-23-10-9-22(8-7-20(23)3)16-26-21(4)29-27(6-5-15-31-29)32(30(26)35)17-28(33)34/h5-6,11-15,19-23,26H,7-10,16-18H2,1-4H3,(H,33,34). The average molecular weight is 557 g/mol. The number of pyridine rings is 1. The Balaban J connectivity index is 1.43. The Morgan fingerprint density at radius 1 is 1.10 bits per heavy atom. The SMILES string of the molecule is CC(C)Oc1ccc(S(=O)(=O)CC2CCC(CC3C(=O)N(CC(=O)O)c4cccnc4C3C)CCC2C)cc1. The first kappa shape index (κ1) is 29.1. The van der Waals surface area contributed by atoms with E-state index in [-0.39, 0.29) is 53.9 Å². The van der Waals surface area contributed by atoms with Gasteiger partial charge >= 0.3 is 5.97 Å². The Morgan fingerprint density at radius 3 is 2.46 bits per heavy atom. The van der Waals surface area contributed by atoms with Gasteiger partial charge in [0.15, 0.2) is 9.84 Å². The topological polar surface area (TPSA) is 114 Å². The normalized spacial score (nSPS) is 25.7. The number of carboxylic acid groups (broad SMARTS) is 1. The number of ether oxygens (including phenoxy) is 1. The van der Waals surface area contributed by atoms with Crippen LogP contribution >= 0.6 is 0 Å². The molecule has 1 fully saturated rings. The van der Waals surface area contributed by atoms with Crippen LogP contribution in [0.5, 0.6) is 5.75 Å². The van der Waals surface area contributed by atoms with Gasteiger partial charge in [0.25, 0.3) is 0 Å². The number of fused-ring (bicyclic) bond motifs is 1. The number of carbonyl (C=O) groups excluding carboxylic acids is 1. The molecular formula is C30H40N2O6S. The van der Waals surface area contributed by atoms with Gasteiger partial charge in [-0.2, -0.15) is 0 Å². The quantitative estimate of drug-likeness (QED) is 0.416. The molecule has 2 aromatic rings. The van der Waals surface area contributed by atoms with E-state index in [1.807, 2.05) is 20.8 Å². The van der Waals surface area contributed by atoms with E-state index in [0.717, 1.165) is 31.4 Å². The molecule has 5 atom stereocenters. The van der Waals surface area contributed by atoms with Crippen molar-refractivity contribution in [1.82, 2.24) is 4.98 Å². The molecule has 1 saturated carbocycles. The van der Waals surface area contributed by atoms with E-state index in [2.05, 4.69) is 11.9 Å². The summed E-state index contributed by atoms with van der Waals surface area (Å²) in [7, 11) is -3.45. The lowest BCUT2D eigenvalue weighted by atomic mass is 9.77. The summed E-state index contributed by atoms with van der Waals surface area (Å²) >= 11 is 0. The fourth-order valence-electron chi connectivity index (χ4n) is 6.15. The van der Waals surface area contributed by atoms with E-state index in [9.17, 15) is 23.1 Å². The van der Waals surface area contributed by atoms with E-state index in [4.69, 9.17) is 4.74 Å². The first-order valence-corrected chi connectivity index (χ1v) is 15.6. The maximum absolute atomic E-state index is 13.5. The number of amides is 1. The van der Waals surface area contributed by atoms with Crippen LogP contribution in [0.2, 0.25) is 0 Å². The molecule has 0 saturated heterocycles. The molecule has 2 aliphatic rings. The zero-order valence-corrected chi connectivity index (χ0v) is 24.1. The number of nitrogens with zero attached hydrogens (tertiary/aromatic N) is 2. The molecule has 2 heterocycles. The predicted molar refractivity (Wildman–Crippen MR) is 150 cm³/mol. The number of rotatable bonds is 9. The van der Waals surface area contributed by atoms with Crippen LogP contribution < -0.4 is 9.64 Å². The van der Waals surface area contributed by atoms with Crippen molar-refractivity contribution in [2.24, 2.45) is 23.7 Å². The maximum Gasteiger partial charge on any atom is 0.323 e. The minimum atomic E-state index is -3.45. The highest BCUT2D eigenvalue weighted by molar-refractivity contribution is 7.91. The molecule has 1 N–H and O–H groups in total. The summed E-state index contributed by atoms with van der Waals surface area (Å²) in [6.45, 7) is 7.60. The summed E-state index contributed by atoms with van der Waals surface area (Å²) in [5, 5.41) is 9.43. The molecule has 1 aromatic carbocycles. The number of sulfone groups is 1. The van der Waals surface area contributed by atoms with Crippen molar-refractivity contribution >= 4 is 27.4 Å². The first-order chi connectivity index (χ1) is 18.5. The van der Waals surface area contributed by atoms with Crippen LogP contribution in [0.3, 0.4) is 0 Å². The largest absolute Gasteiger partial charge is 0.491 e. The van der Waals surface area contributed by atoms with Crippen LogP contribution in [-0.4, -0.2) is 48.8 Å². The van der Waals surface area contributed by atoms with Crippen molar-refractivity contribution < 1.29 is 27.9 Å². The highest BCUT2D eigenvalue weighted by Crippen LogP contribution is 2.43. The van der Waals surface area contributed by atoms with Crippen LogP contribution in [0.4, 0.5) is 5.69 Å². The van der Waals surface area contributed by atoms with E-state index in [0.29, 0.717) is 22.8 Å². The van der Waals surface area contributed by atoms with Gasteiger partial charge in [-0.25, -0.2) is 8.42 Å². The fourth-order valence-corrected chi connectivity index (χ4v) is 7.95. The highest BCUT2D eigenvalue weighted by Gasteiger charge is 2.41. The third kappa shape index (κ3) is 6.80. The Morgan fingerprint density at radius 2 is 1.79 bits per heavy atom. The second-order valence-electron chi connectivity index (χ2n) is 11.5. The number of carbonyl (C=O) groups is 2. The van der Waals surface area contributed by atoms with Gasteiger partial charge in [-0.05, 0) is 80.8 Å². The highest BCUT2D eigenvalue weighted by atomic mass is 32.2. The lowest BCUT2D eigenvalue weighted by Gasteiger charge is -2.38. The zero-order chi connectivity index (χ0) is 28.3. The van der Waals surface area contributed by atoms with Gasteiger partial charge < -0.3 is 9.84 Å². The molecule has 0 bridgehead atoms.